The predicted molar refractivity (Wildman–Crippen MR) is 83.4 cm³/mol. The summed E-state index contributed by atoms with van der Waals surface area (Å²) in [6.45, 7) is 4.76. The number of amides is 1. The van der Waals surface area contributed by atoms with Crippen LogP contribution in [0.25, 0.3) is 0 Å². The van der Waals surface area contributed by atoms with E-state index in [0.717, 1.165) is 19.5 Å². The van der Waals surface area contributed by atoms with Gasteiger partial charge >= 0.3 is 0 Å². The van der Waals surface area contributed by atoms with Gasteiger partial charge < -0.3 is 4.90 Å². The van der Waals surface area contributed by atoms with Crippen LogP contribution in [-0.2, 0) is 0 Å². The third-order valence-corrected chi connectivity index (χ3v) is 4.91. The monoisotopic (exact) mass is 308 g/mol. The number of nitrogens with zero attached hydrogens (tertiary/aromatic N) is 2. The predicted octanol–water partition coefficient (Wildman–Crippen LogP) is 2.81. The van der Waals surface area contributed by atoms with Crippen LogP contribution >= 0.6 is 12.6 Å². The van der Waals surface area contributed by atoms with Gasteiger partial charge in [0.2, 0.25) is 0 Å². The van der Waals surface area contributed by atoms with Crippen molar-refractivity contribution in [2.45, 2.75) is 43.2 Å². The fraction of sp³-hybridized carbons (Fsp3) is 0.562. The van der Waals surface area contributed by atoms with E-state index >= 15 is 0 Å². The maximum Gasteiger partial charge on any atom is 0.257 e. The normalized spacial score (nSPS) is 26.5. The zero-order chi connectivity index (χ0) is 15.0. The number of carbonyl (C=O) groups excluding carboxylic acids is 1. The van der Waals surface area contributed by atoms with E-state index in [1.807, 2.05) is 11.8 Å². The molecule has 2 unspecified atom stereocenters. The molecule has 0 bridgehead atoms. The molecule has 2 atom stereocenters. The van der Waals surface area contributed by atoms with Crippen LogP contribution in [0, 0.1) is 5.82 Å². The van der Waals surface area contributed by atoms with E-state index < -0.39 is 5.82 Å². The van der Waals surface area contributed by atoms with Gasteiger partial charge in [-0.2, -0.15) is 0 Å². The molecule has 3 nitrogen and oxygen atoms in total. The smallest absolute Gasteiger partial charge is 0.257 e. The number of thiol groups is 1. The molecule has 5 heteroatoms. The number of halogens is 1. The highest BCUT2D eigenvalue weighted by atomic mass is 32.1. The molecule has 0 N–H and O–H groups in total. The summed E-state index contributed by atoms with van der Waals surface area (Å²) in [6, 6.07) is 4.96. The third-order valence-electron chi connectivity index (χ3n) is 4.63. The summed E-state index contributed by atoms with van der Waals surface area (Å²) in [4.78, 5) is 17.6. The number of carbonyl (C=O) groups is 1. The zero-order valence-electron chi connectivity index (χ0n) is 12.3. The fourth-order valence-corrected chi connectivity index (χ4v) is 3.67. The van der Waals surface area contributed by atoms with Crippen molar-refractivity contribution in [3.63, 3.8) is 0 Å². The van der Waals surface area contributed by atoms with E-state index in [-0.39, 0.29) is 17.5 Å². The molecule has 2 heterocycles. The minimum atomic E-state index is -0.462. The molecule has 21 heavy (non-hydrogen) atoms. The van der Waals surface area contributed by atoms with Gasteiger partial charge in [-0.3, -0.25) is 9.69 Å². The first-order chi connectivity index (χ1) is 10.1. The largest absolute Gasteiger partial charge is 0.333 e. The summed E-state index contributed by atoms with van der Waals surface area (Å²) in [7, 11) is 0. The topological polar surface area (TPSA) is 23.6 Å². The SMILES string of the molecule is CC1CN2CCCCC2CN1C(=O)c1cc(S)ccc1F. The van der Waals surface area contributed by atoms with E-state index in [0.29, 0.717) is 17.5 Å². The van der Waals surface area contributed by atoms with Crippen molar-refractivity contribution in [3.05, 3.63) is 29.6 Å². The van der Waals surface area contributed by atoms with Gasteiger partial charge in [0.15, 0.2) is 0 Å². The van der Waals surface area contributed by atoms with E-state index in [1.165, 1.54) is 25.0 Å². The number of hydrogen-bond acceptors (Lipinski definition) is 3. The summed E-state index contributed by atoms with van der Waals surface area (Å²) in [5, 5.41) is 0. The second kappa shape index (κ2) is 5.97. The highest BCUT2D eigenvalue weighted by molar-refractivity contribution is 7.80. The quantitative estimate of drug-likeness (QED) is 0.807. The van der Waals surface area contributed by atoms with Crippen molar-refractivity contribution in [2.24, 2.45) is 0 Å². The molecule has 0 aliphatic carbocycles. The van der Waals surface area contributed by atoms with Crippen LogP contribution in [0.1, 0.15) is 36.5 Å². The maximum absolute atomic E-state index is 13.9. The number of benzene rings is 1. The average molecular weight is 308 g/mol. The Balaban J connectivity index is 1.82. The molecule has 0 aromatic heterocycles. The molecule has 0 radical (unpaired) electrons. The van der Waals surface area contributed by atoms with Crippen LogP contribution in [-0.4, -0.2) is 47.4 Å². The molecule has 2 aliphatic rings. The number of fused-ring (bicyclic) bond motifs is 1. The van der Waals surface area contributed by atoms with Crippen LogP contribution in [0.15, 0.2) is 23.1 Å². The molecule has 1 amide bonds. The first kappa shape index (κ1) is 14.9. The summed E-state index contributed by atoms with van der Waals surface area (Å²) in [5.41, 5.74) is 0.138. The Labute approximate surface area is 130 Å². The Kier molecular flexibility index (Phi) is 4.22. The maximum atomic E-state index is 13.9. The average Bonchev–Trinajstić information content (AvgIpc) is 2.48. The highest BCUT2D eigenvalue weighted by Gasteiger charge is 2.36. The number of rotatable bonds is 1. The lowest BCUT2D eigenvalue weighted by Crippen LogP contribution is -2.60. The van der Waals surface area contributed by atoms with E-state index in [4.69, 9.17) is 0 Å². The van der Waals surface area contributed by atoms with Crippen LogP contribution < -0.4 is 0 Å². The van der Waals surface area contributed by atoms with Crippen LogP contribution in [0.4, 0.5) is 4.39 Å². The van der Waals surface area contributed by atoms with Crippen LogP contribution in [0.2, 0.25) is 0 Å². The van der Waals surface area contributed by atoms with Crippen molar-refractivity contribution >= 4 is 18.5 Å². The van der Waals surface area contributed by atoms with Crippen molar-refractivity contribution in [1.82, 2.24) is 9.80 Å². The number of hydrogen-bond donors (Lipinski definition) is 1. The van der Waals surface area contributed by atoms with Crippen molar-refractivity contribution in [1.29, 1.82) is 0 Å². The van der Waals surface area contributed by atoms with Crippen molar-refractivity contribution in [3.8, 4) is 0 Å². The van der Waals surface area contributed by atoms with Crippen LogP contribution in [0.3, 0.4) is 0 Å². The summed E-state index contributed by atoms with van der Waals surface area (Å²) in [5.74, 6) is -0.669. The molecule has 114 valence electrons. The van der Waals surface area contributed by atoms with E-state index in [1.54, 1.807) is 6.07 Å². The lowest BCUT2D eigenvalue weighted by molar-refractivity contribution is 0.0149. The molecular formula is C16H21FN2OS. The van der Waals surface area contributed by atoms with Crippen molar-refractivity contribution in [2.75, 3.05) is 19.6 Å². The minimum absolute atomic E-state index is 0.120. The van der Waals surface area contributed by atoms with Gasteiger partial charge in [-0.1, -0.05) is 6.42 Å². The molecule has 2 saturated heterocycles. The Morgan fingerprint density at radius 1 is 1.33 bits per heavy atom. The Hall–Kier alpha value is -1.07. The molecule has 1 aromatic carbocycles. The Morgan fingerprint density at radius 2 is 2.14 bits per heavy atom. The van der Waals surface area contributed by atoms with Gasteiger partial charge in [0.25, 0.3) is 5.91 Å². The second-order valence-electron chi connectivity index (χ2n) is 6.12. The minimum Gasteiger partial charge on any atom is -0.333 e. The molecule has 2 aliphatic heterocycles. The Morgan fingerprint density at radius 3 is 2.95 bits per heavy atom. The highest BCUT2D eigenvalue weighted by Crippen LogP contribution is 2.26. The number of piperidine rings is 1. The lowest BCUT2D eigenvalue weighted by Gasteiger charge is -2.47. The van der Waals surface area contributed by atoms with Gasteiger partial charge in [-0.25, -0.2) is 4.39 Å². The molecular weight excluding hydrogens is 287 g/mol. The summed E-state index contributed by atoms with van der Waals surface area (Å²) in [6.07, 6.45) is 3.59. The first-order valence-corrected chi connectivity index (χ1v) is 8.04. The fourth-order valence-electron chi connectivity index (χ4n) is 3.47. The van der Waals surface area contributed by atoms with Gasteiger partial charge in [0.05, 0.1) is 5.56 Å². The third kappa shape index (κ3) is 2.94. The first-order valence-electron chi connectivity index (χ1n) is 7.60. The molecule has 1 aromatic rings. The van der Waals surface area contributed by atoms with E-state index in [9.17, 15) is 9.18 Å². The second-order valence-corrected chi connectivity index (χ2v) is 6.63. The van der Waals surface area contributed by atoms with Gasteiger partial charge in [0, 0.05) is 30.1 Å². The summed E-state index contributed by atoms with van der Waals surface area (Å²) >= 11 is 4.21. The zero-order valence-corrected chi connectivity index (χ0v) is 13.2. The molecule has 2 fully saturated rings. The van der Waals surface area contributed by atoms with E-state index in [2.05, 4.69) is 17.5 Å². The number of piperazine rings is 1. The van der Waals surface area contributed by atoms with Gasteiger partial charge in [-0.15, -0.1) is 12.6 Å². The molecule has 3 rings (SSSR count). The van der Waals surface area contributed by atoms with Crippen molar-refractivity contribution < 1.29 is 9.18 Å². The summed E-state index contributed by atoms with van der Waals surface area (Å²) < 4.78 is 13.9. The van der Waals surface area contributed by atoms with Gasteiger partial charge in [-0.05, 0) is 44.5 Å². The lowest BCUT2D eigenvalue weighted by atomic mass is 9.96. The van der Waals surface area contributed by atoms with Crippen LogP contribution in [0.5, 0.6) is 0 Å². The standard InChI is InChI=1S/C16H21FN2OS/c1-11-9-18-7-3-2-4-12(18)10-19(11)16(20)14-8-13(21)5-6-15(14)17/h5-6,8,11-12,21H,2-4,7,9-10H2,1H3. The molecule has 0 saturated carbocycles. The Bertz CT molecular complexity index is 551. The van der Waals surface area contributed by atoms with Gasteiger partial charge in [0.1, 0.15) is 5.82 Å². The molecule has 0 spiro atoms.